The van der Waals surface area contributed by atoms with Crippen LogP contribution in [-0.2, 0) is 0 Å². The van der Waals surface area contributed by atoms with E-state index in [2.05, 4.69) is 15.3 Å². The van der Waals surface area contributed by atoms with Crippen LogP contribution in [0.2, 0.25) is 0 Å². The fourth-order valence-corrected chi connectivity index (χ4v) is 0.779. The monoisotopic (exact) mass is 181 g/mol. The van der Waals surface area contributed by atoms with Gasteiger partial charge in [0, 0.05) is 7.05 Å². The minimum Gasteiger partial charge on any atom is -0.354 e. The zero-order valence-electron chi connectivity index (χ0n) is 7.38. The van der Waals surface area contributed by atoms with Gasteiger partial charge >= 0.3 is 0 Å². The van der Waals surface area contributed by atoms with Gasteiger partial charge in [0.25, 0.3) is 5.91 Å². The second-order valence-corrected chi connectivity index (χ2v) is 2.51. The molecule has 13 heavy (non-hydrogen) atoms. The molecule has 0 aliphatic rings. The second-order valence-electron chi connectivity index (χ2n) is 2.51. The van der Waals surface area contributed by atoms with Gasteiger partial charge in [-0.2, -0.15) is 0 Å². The van der Waals surface area contributed by atoms with Crippen LogP contribution in [0.4, 0.5) is 0 Å². The van der Waals surface area contributed by atoms with E-state index in [1.54, 1.807) is 7.05 Å². The summed E-state index contributed by atoms with van der Waals surface area (Å²) in [7, 11) is 1.57. The van der Waals surface area contributed by atoms with Gasteiger partial charge in [0.05, 0.1) is 17.6 Å². The Balaban J connectivity index is 0.00000144. The van der Waals surface area contributed by atoms with E-state index in [1.165, 1.54) is 6.20 Å². The smallest absolute Gasteiger partial charge is 0.271 e. The molecule has 0 saturated carbocycles. The third kappa shape index (κ3) is 2.50. The van der Waals surface area contributed by atoms with E-state index in [-0.39, 0.29) is 13.3 Å². The van der Waals surface area contributed by atoms with Gasteiger partial charge in [0.1, 0.15) is 5.69 Å². The van der Waals surface area contributed by atoms with Crippen molar-refractivity contribution in [2.45, 2.75) is 21.3 Å². The first kappa shape index (κ1) is 11.6. The van der Waals surface area contributed by atoms with Crippen molar-refractivity contribution in [3.63, 3.8) is 0 Å². The lowest BCUT2D eigenvalue weighted by Crippen LogP contribution is -2.20. The van der Waals surface area contributed by atoms with Crippen molar-refractivity contribution in [2.24, 2.45) is 0 Å². The average molecular weight is 181 g/mol. The number of carbonyl (C=O) groups is 1. The van der Waals surface area contributed by atoms with E-state index < -0.39 is 0 Å². The number of nitrogens with one attached hydrogen (secondary N) is 1. The maximum Gasteiger partial charge on any atom is 0.271 e. The van der Waals surface area contributed by atoms with Crippen molar-refractivity contribution in [3.8, 4) is 0 Å². The van der Waals surface area contributed by atoms with Crippen LogP contribution >= 0.6 is 0 Å². The second kappa shape index (κ2) is 4.54. The molecule has 1 aromatic rings. The molecule has 4 nitrogen and oxygen atoms in total. The Bertz CT molecular complexity index is 310. The Morgan fingerprint density at radius 2 is 2.00 bits per heavy atom. The highest BCUT2D eigenvalue weighted by Gasteiger charge is 2.05. The van der Waals surface area contributed by atoms with Gasteiger partial charge in [-0.1, -0.05) is 7.43 Å². The molecule has 0 bridgehead atoms. The maximum absolute atomic E-state index is 11.1. The summed E-state index contributed by atoms with van der Waals surface area (Å²) in [6, 6.07) is 0. The predicted octanol–water partition coefficient (Wildman–Crippen LogP) is 1.09. The van der Waals surface area contributed by atoms with Crippen molar-refractivity contribution < 1.29 is 4.79 Å². The molecule has 0 aliphatic carbocycles. The van der Waals surface area contributed by atoms with Crippen molar-refractivity contribution in [3.05, 3.63) is 23.3 Å². The number of aromatic nitrogens is 2. The molecular weight excluding hydrogens is 166 g/mol. The first-order valence-corrected chi connectivity index (χ1v) is 3.67. The fourth-order valence-electron chi connectivity index (χ4n) is 0.779. The summed E-state index contributed by atoms with van der Waals surface area (Å²) in [6.45, 7) is 3.69. The fraction of sp³-hybridized carbons (Fsp3) is 0.444. The number of hydrogen-bond donors (Lipinski definition) is 1. The van der Waals surface area contributed by atoms with E-state index >= 15 is 0 Å². The Morgan fingerprint density at radius 3 is 2.46 bits per heavy atom. The van der Waals surface area contributed by atoms with Gasteiger partial charge in [0.15, 0.2) is 0 Å². The highest BCUT2D eigenvalue weighted by atomic mass is 16.1. The zero-order valence-corrected chi connectivity index (χ0v) is 7.38. The number of rotatable bonds is 1. The van der Waals surface area contributed by atoms with E-state index in [4.69, 9.17) is 0 Å². The predicted molar refractivity (Wildman–Crippen MR) is 51.6 cm³/mol. The van der Waals surface area contributed by atoms with Crippen LogP contribution in [0.15, 0.2) is 6.20 Å². The van der Waals surface area contributed by atoms with Gasteiger partial charge < -0.3 is 5.32 Å². The number of aryl methyl sites for hydroxylation is 2. The van der Waals surface area contributed by atoms with Gasteiger partial charge in [0.2, 0.25) is 0 Å². The first-order chi connectivity index (χ1) is 5.65. The van der Waals surface area contributed by atoms with Gasteiger partial charge in [-0.3, -0.25) is 9.78 Å². The third-order valence-electron chi connectivity index (χ3n) is 1.65. The van der Waals surface area contributed by atoms with Gasteiger partial charge in [-0.05, 0) is 13.8 Å². The number of hydrogen-bond acceptors (Lipinski definition) is 3. The number of nitrogens with zero attached hydrogens (tertiary/aromatic N) is 2. The molecule has 0 spiro atoms. The third-order valence-corrected chi connectivity index (χ3v) is 1.65. The van der Waals surface area contributed by atoms with Crippen LogP contribution in [0.25, 0.3) is 0 Å². The highest BCUT2D eigenvalue weighted by Crippen LogP contribution is 2.00. The van der Waals surface area contributed by atoms with Crippen molar-refractivity contribution in [1.29, 1.82) is 0 Å². The molecule has 72 valence electrons. The summed E-state index contributed by atoms with van der Waals surface area (Å²) >= 11 is 0. The summed E-state index contributed by atoms with van der Waals surface area (Å²) < 4.78 is 0. The topological polar surface area (TPSA) is 54.9 Å². The molecule has 0 aromatic carbocycles. The Labute approximate surface area is 78.4 Å². The molecule has 0 fully saturated rings. The van der Waals surface area contributed by atoms with Gasteiger partial charge in [-0.25, -0.2) is 4.98 Å². The highest BCUT2D eigenvalue weighted by molar-refractivity contribution is 5.91. The van der Waals surface area contributed by atoms with E-state index in [0.29, 0.717) is 5.69 Å². The molecule has 1 rings (SSSR count). The summed E-state index contributed by atoms with van der Waals surface area (Å²) in [4.78, 5) is 19.2. The Kier molecular flexibility index (Phi) is 4.04. The quantitative estimate of drug-likeness (QED) is 0.705. The van der Waals surface area contributed by atoms with Crippen molar-refractivity contribution >= 4 is 5.91 Å². The van der Waals surface area contributed by atoms with Crippen LogP contribution in [0.5, 0.6) is 0 Å². The van der Waals surface area contributed by atoms with Crippen LogP contribution < -0.4 is 5.32 Å². The lowest BCUT2D eigenvalue weighted by Gasteiger charge is -2.01. The molecule has 1 aromatic heterocycles. The average Bonchev–Trinajstić information content (AvgIpc) is 2.08. The minimum atomic E-state index is -0.203. The molecule has 1 N–H and O–H groups in total. The molecule has 0 atom stereocenters. The van der Waals surface area contributed by atoms with Crippen molar-refractivity contribution in [1.82, 2.24) is 15.3 Å². The Hall–Kier alpha value is -1.45. The molecular formula is C9H15N3O. The summed E-state index contributed by atoms with van der Waals surface area (Å²) in [5.74, 6) is -0.203. The molecule has 0 unspecified atom stereocenters. The SMILES string of the molecule is C.CNC(=O)c1cnc(C)c(C)n1. The summed E-state index contributed by atoms with van der Waals surface area (Å²) in [6.07, 6.45) is 1.47. The summed E-state index contributed by atoms with van der Waals surface area (Å²) in [5, 5.41) is 2.49. The van der Waals surface area contributed by atoms with Crippen molar-refractivity contribution in [2.75, 3.05) is 7.05 Å². The zero-order chi connectivity index (χ0) is 9.14. The van der Waals surface area contributed by atoms with E-state index in [1.807, 2.05) is 13.8 Å². The van der Waals surface area contributed by atoms with Gasteiger partial charge in [-0.15, -0.1) is 0 Å². The van der Waals surface area contributed by atoms with E-state index in [0.717, 1.165) is 11.4 Å². The van der Waals surface area contributed by atoms with Crippen LogP contribution in [0, 0.1) is 13.8 Å². The largest absolute Gasteiger partial charge is 0.354 e. The number of carbonyl (C=O) groups excluding carboxylic acids is 1. The van der Waals surface area contributed by atoms with Crippen LogP contribution in [-0.4, -0.2) is 22.9 Å². The lowest BCUT2D eigenvalue weighted by atomic mass is 10.3. The summed E-state index contributed by atoms with van der Waals surface area (Å²) in [5.41, 5.74) is 2.00. The molecule has 1 heterocycles. The molecule has 1 amide bonds. The first-order valence-electron chi connectivity index (χ1n) is 3.67. The van der Waals surface area contributed by atoms with E-state index in [9.17, 15) is 4.79 Å². The normalized spacial score (nSPS) is 8.85. The molecule has 0 aliphatic heterocycles. The van der Waals surface area contributed by atoms with Crippen LogP contribution in [0.3, 0.4) is 0 Å². The Morgan fingerprint density at radius 1 is 1.38 bits per heavy atom. The minimum absolute atomic E-state index is 0. The molecule has 0 radical (unpaired) electrons. The van der Waals surface area contributed by atoms with Crippen LogP contribution in [0.1, 0.15) is 29.3 Å². The maximum atomic E-state index is 11.1. The standard InChI is InChI=1S/C8H11N3O.CH4/c1-5-6(2)11-7(4-10-5)8(12)9-3;/h4H,1-3H3,(H,9,12);1H4. The molecule has 0 saturated heterocycles. The number of amides is 1. The molecule has 4 heteroatoms. The lowest BCUT2D eigenvalue weighted by molar-refractivity contribution is 0.0957.